The molecule has 0 fully saturated rings. The zero-order valence-electron chi connectivity index (χ0n) is 10.0. The zero-order chi connectivity index (χ0) is 14.1. The van der Waals surface area contributed by atoms with Gasteiger partial charge in [0, 0.05) is 12.1 Å². The van der Waals surface area contributed by atoms with Gasteiger partial charge in [-0.05, 0) is 12.1 Å². The van der Waals surface area contributed by atoms with Gasteiger partial charge >= 0.3 is 0 Å². The molecule has 6 nitrogen and oxygen atoms in total. The standard InChI is InChI=1S/C13H8FNO5/c14-8-3-9(15(16)17)5-11(4-8)20-10-1-2-12-13(6-10)19-7-18-12/h1-6H,7H2. The van der Waals surface area contributed by atoms with Crippen LogP contribution in [-0.2, 0) is 0 Å². The minimum Gasteiger partial charge on any atom is -0.457 e. The highest BCUT2D eigenvalue weighted by Crippen LogP contribution is 2.37. The van der Waals surface area contributed by atoms with E-state index < -0.39 is 10.7 Å². The van der Waals surface area contributed by atoms with Gasteiger partial charge in [0.25, 0.3) is 5.69 Å². The maximum Gasteiger partial charge on any atom is 0.276 e. The summed E-state index contributed by atoms with van der Waals surface area (Å²) >= 11 is 0. The number of fused-ring (bicyclic) bond motifs is 1. The average molecular weight is 277 g/mol. The van der Waals surface area contributed by atoms with Crippen LogP contribution in [0.4, 0.5) is 10.1 Å². The lowest BCUT2D eigenvalue weighted by Crippen LogP contribution is -1.93. The van der Waals surface area contributed by atoms with Crippen LogP contribution in [0.15, 0.2) is 36.4 Å². The van der Waals surface area contributed by atoms with E-state index in [1.807, 2.05) is 0 Å². The molecule has 2 aromatic carbocycles. The van der Waals surface area contributed by atoms with E-state index in [0.29, 0.717) is 17.2 Å². The normalized spacial score (nSPS) is 12.2. The van der Waals surface area contributed by atoms with Crippen LogP contribution < -0.4 is 14.2 Å². The molecule has 3 rings (SSSR count). The van der Waals surface area contributed by atoms with E-state index in [-0.39, 0.29) is 18.2 Å². The molecule has 0 bridgehead atoms. The topological polar surface area (TPSA) is 70.8 Å². The number of hydrogen-bond donors (Lipinski definition) is 0. The molecule has 1 heterocycles. The fraction of sp³-hybridized carbons (Fsp3) is 0.0769. The molecule has 0 radical (unpaired) electrons. The molecule has 0 amide bonds. The van der Waals surface area contributed by atoms with Gasteiger partial charge in [0.2, 0.25) is 6.79 Å². The third-order valence-corrected chi connectivity index (χ3v) is 2.65. The van der Waals surface area contributed by atoms with E-state index in [4.69, 9.17) is 14.2 Å². The van der Waals surface area contributed by atoms with Crippen molar-refractivity contribution in [3.8, 4) is 23.0 Å². The third-order valence-electron chi connectivity index (χ3n) is 2.65. The maximum absolute atomic E-state index is 13.3. The Morgan fingerprint density at radius 3 is 2.70 bits per heavy atom. The Kier molecular flexibility index (Phi) is 2.86. The van der Waals surface area contributed by atoms with Crippen molar-refractivity contribution < 1.29 is 23.5 Å². The molecule has 0 spiro atoms. The van der Waals surface area contributed by atoms with Gasteiger partial charge in [-0.2, -0.15) is 0 Å². The van der Waals surface area contributed by atoms with Crippen molar-refractivity contribution in [2.24, 2.45) is 0 Å². The molecule has 7 heteroatoms. The smallest absolute Gasteiger partial charge is 0.276 e. The first-order valence-corrected chi connectivity index (χ1v) is 5.64. The number of ether oxygens (including phenoxy) is 3. The van der Waals surface area contributed by atoms with Gasteiger partial charge in [-0.15, -0.1) is 0 Å². The molecule has 1 aliphatic heterocycles. The van der Waals surface area contributed by atoms with Crippen molar-refractivity contribution in [1.29, 1.82) is 0 Å². The second-order valence-corrected chi connectivity index (χ2v) is 4.02. The van der Waals surface area contributed by atoms with Crippen molar-refractivity contribution in [3.05, 3.63) is 52.3 Å². The summed E-state index contributed by atoms with van der Waals surface area (Å²) in [5.74, 6) is 0.760. The van der Waals surface area contributed by atoms with E-state index in [0.717, 1.165) is 18.2 Å². The predicted molar refractivity (Wildman–Crippen MR) is 65.7 cm³/mol. The van der Waals surface area contributed by atoms with Crippen molar-refractivity contribution in [1.82, 2.24) is 0 Å². The van der Waals surface area contributed by atoms with Gasteiger partial charge in [0.1, 0.15) is 17.3 Å². The molecular weight excluding hydrogens is 269 g/mol. The Labute approximate surface area is 112 Å². The van der Waals surface area contributed by atoms with Crippen molar-refractivity contribution >= 4 is 5.69 Å². The lowest BCUT2D eigenvalue weighted by molar-refractivity contribution is -0.385. The fourth-order valence-electron chi connectivity index (χ4n) is 1.79. The highest BCUT2D eigenvalue weighted by Gasteiger charge is 2.15. The molecule has 0 N–H and O–H groups in total. The Bertz CT molecular complexity index is 688. The molecule has 0 saturated heterocycles. The van der Waals surface area contributed by atoms with E-state index in [2.05, 4.69) is 0 Å². The van der Waals surface area contributed by atoms with Crippen molar-refractivity contribution in [2.45, 2.75) is 0 Å². The fourth-order valence-corrected chi connectivity index (χ4v) is 1.79. The monoisotopic (exact) mass is 277 g/mol. The number of nitro groups is 1. The number of nitro benzene ring substituents is 1. The SMILES string of the molecule is O=[N+]([O-])c1cc(F)cc(Oc2ccc3c(c2)OCO3)c1. The molecule has 2 aromatic rings. The third kappa shape index (κ3) is 2.33. The molecule has 0 aromatic heterocycles. The number of benzene rings is 2. The number of halogens is 1. The van der Waals surface area contributed by atoms with Crippen LogP contribution in [0.25, 0.3) is 0 Å². The highest BCUT2D eigenvalue weighted by molar-refractivity contribution is 5.49. The second kappa shape index (κ2) is 4.69. The quantitative estimate of drug-likeness (QED) is 0.636. The summed E-state index contributed by atoms with van der Waals surface area (Å²) in [5, 5.41) is 10.7. The summed E-state index contributed by atoms with van der Waals surface area (Å²) in [5.41, 5.74) is -0.374. The van der Waals surface area contributed by atoms with E-state index in [9.17, 15) is 14.5 Å². The van der Waals surface area contributed by atoms with Gasteiger partial charge in [0.15, 0.2) is 11.5 Å². The van der Waals surface area contributed by atoms with E-state index in [1.54, 1.807) is 18.2 Å². The van der Waals surface area contributed by atoms with Gasteiger partial charge in [0.05, 0.1) is 17.1 Å². The lowest BCUT2D eigenvalue weighted by Gasteiger charge is -2.06. The zero-order valence-corrected chi connectivity index (χ0v) is 10.0. The van der Waals surface area contributed by atoms with Crippen molar-refractivity contribution in [2.75, 3.05) is 6.79 Å². The summed E-state index contributed by atoms with van der Waals surface area (Å²) < 4.78 is 29.0. The van der Waals surface area contributed by atoms with Crippen LogP contribution in [0.1, 0.15) is 0 Å². The van der Waals surface area contributed by atoms with Gasteiger partial charge in [-0.3, -0.25) is 10.1 Å². The Balaban J connectivity index is 1.89. The number of nitrogens with zero attached hydrogens (tertiary/aromatic N) is 1. The summed E-state index contributed by atoms with van der Waals surface area (Å²) in [7, 11) is 0. The number of non-ortho nitro benzene ring substituents is 1. The highest BCUT2D eigenvalue weighted by atomic mass is 19.1. The van der Waals surface area contributed by atoms with Gasteiger partial charge in [-0.1, -0.05) is 0 Å². The molecule has 0 atom stereocenters. The second-order valence-electron chi connectivity index (χ2n) is 4.02. The molecular formula is C13H8FNO5. The summed E-state index contributed by atoms with van der Waals surface area (Å²) in [4.78, 5) is 9.97. The molecule has 0 aliphatic carbocycles. The summed E-state index contributed by atoms with van der Waals surface area (Å²) in [6.07, 6.45) is 0. The molecule has 20 heavy (non-hydrogen) atoms. The molecule has 0 saturated carbocycles. The molecule has 102 valence electrons. The van der Waals surface area contributed by atoms with Crippen LogP contribution in [0.3, 0.4) is 0 Å². The minimum atomic E-state index is -0.741. The Hall–Kier alpha value is -2.83. The first-order valence-electron chi connectivity index (χ1n) is 5.64. The van der Waals surface area contributed by atoms with Crippen LogP contribution in [-0.4, -0.2) is 11.7 Å². The Morgan fingerprint density at radius 2 is 1.90 bits per heavy atom. The number of hydrogen-bond acceptors (Lipinski definition) is 5. The summed E-state index contributed by atoms with van der Waals surface area (Å²) in [6, 6.07) is 7.85. The van der Waals surface area contributed by atoms with Crippen molar-refractivity contribution in [3.63, 3.8) is 0 Å². The van der Waals surface area contributed by atoms with Crippen LogP contribution >= 0.6 is 0 Å². The maximum atomic E-state index is 13.3. The average Bonchev–Trinajstić information content (AvgIpc) is 2.85. The minimum absolute atomic E-state index is 0.0376. The summed E-state index contributed by atoms with van der Waals surface area (Å²) in [6.45, 7) is 0.129. The molecule has 1 aliphatic rings. The first-order chi connectivity index (χ1) is 9.61. The van der Waals surface area contributed by atoms with Gasteiger partial charge < -0.3 is 14.2 Å². The lowest BCUT2D eigenvalue weighted by atomic mass is 10.2. The van der Waals surface area contributed by atoms with Crippen LogP contribution in [0, 0.1) is 15.9 Å². The largest absolute Gasteiger partial charge is 0.457 e. The van der Waals surface area contributed by atoms with Crippen LogP contribution in [0.5, 0.6) is 23.0 Å². The first kappa shape index (κ1) is 12.2. The van der Waals surface area contributed by atoms with Gasteiger partial charge in [-0.25, -0.2) is 4.39 Å². The Morgan fingerprint density at radius 1 is 1.10 bits per heavy atom. The van der Waals surface area contributed by atoms with Crippen LogP contribution in [0.2, 0.25) is 0 Å². The van der Waals surface area contributed by atoms with E-state index in [1.165, 1.54) is 0 Å². The predicted octanol–water partition coefficient (Wildman–Crippen LogP) is 3.25. The molecule has 0 unspecified atom stereocenters. The number of rotatable bonds is 3. The van der Waals surface area contributed by atoms with E-state index >= 15 is 0 Å².